The van der Waals surface area contributed by atoms with Crippen molar-refractivity contribution in [2.24, 2.45) is 0 Å². The Labute approximate surface area is 115 Å². The van der Waals surface area contributed by atoms with Crippen molar-refractivity contribution in [3.8, 4) is 34.3 Å². The predicted octanol–water partition coefficient (Wildman–Crippen LogP) is 3.12. The highest BCUT2D eigenvalue weighted by Gasteiger charge is 2.14. The normalized spacial score (nSPS) is 10.7. The van der Waals surface area contributed by atoms with Crippen LogP contribution in [0.3, 0.4) is 0 Å². The molecule has 1 aromatic heterocycles. The maximum absolute atomic E-state index is 10.0. The molecule has 20 heavy (non-hydrogen) atoms. The zero-order valence-corrected chi connectivity index (χ0v) is 10.7. The predicted molar refractivity (Wildman–Crippen MR) is 73.2 cm³/mol. The van der Waals surface area contributed by atoms with Crippen molar-refractivity contribution >= 4 is 0 Å². The van der Waals surface area contributed by atoms with Crippen molar-refractivity contribution < 1.29 is 14.7 Å². The van der Waals surface area contributed by atoms with Gasteiger partial charge in [0.15, 0.2) is 0 Å². The third-order valence-corrected chi connectivity index (χ3v) is 3.02. The van der Waals surface area contributed by atoms with E-state index in [1.54, 1.807) is 43.3 Å². The summed E-state index contributed by atoms with van der Waals surface area (Å²) < 4.78 is 5.19. The van der Waals surface area contributed by atoms with Crippen molar-refractivity contribution in [1.29, 1.82) is 0 Å². The van der Waals surface area contributed by atoms with Gasteiger partial charge in [0, 0.05) is 5.56 Å². The summed E-state index contributed by atoms with van der Waals surface area (Å²) in [4.78, 5) is 4.26. The number of nitrogens with zero attached hydrogens (tertiary/aromatic N) is 2. The largest absolute Gasteiger partial charge is 0.508 e. The molecule has 3 rings (SSSR count). The van der Waals surface area contributed by atoms with E-state index in [-0.39, 0.29) is 17.4 Å². The monoisotopic (exact) mass is 268 g/mol. The SMILES string of the molecule is Cc1cccc(-c2nc(-c3ccc(O)cc3)no2)c1O. The van der Waals surface area contributed by atoms with Crippen LogP contribution in [0.15, 0.2) is 47.0 Å². The highest BCUT2D eigenvalue weighted by atomic mass is 16.5. The zero-order valence-electron chi connectivity index (χ0n) is 10.7. The Morgan fingerprint density at radius 2 is 1.75 bits per heavy atom. The number of aryl methyl sites for hydroxylation is 1. The number of hydrogen-bond donors (Lipinski definition) is 2. The Balaban J connectivity index is 2.02. The molecular formula is C15H12N2O3. The summed E-state index contributed by atoms with van der Waals surface area (Å²) in [5.41, 5.74) is 1.97. The van der Waals surface area contributed by atoms with Crippen LogP contribution in [0.5, 0.6) is 11.5 Å². The van der Waals surface area contributed by atoms with Crippen LogP contribution in [0.2, 0.25) is 0 Å². The minimum atomic E-state index is 0.133. The summed E-state index contributed by atoms with van der Waals surface area (Å²) in [7, 11) is 0. The summed E-state index contributed by atoms with van der Waals surface area (Å²) in [5.74, 6) is 0.970. The Morgan fingerprint density at radius 3 is 2.50 bits per heavy atom. The fourth-order valence-electron chi connectivity index (χ4n) is 1.89. The first kappa shape index (κ1) is 12.2. The van der Waals surface area contributed by atoms with Gasteiger partial charge < -0.3 is 14.7 Å². The lowest BCUT2D eigenvalue weighted by atomic mass is 10.1. The van der Waals surface area contributed by atoms with Gasteiger partial charge in [-0.2, -0.15) is 4.98 Å². The van der Waals surface area contributed by atoms with E-state index in [0.29, 0.717) is 11.4 Å². The van der Waals surface area contributed by atoms with Crippen molar-refractivity contribution in [1.82, 2.24) is 10.1 Å². The molecule has 0 spiro atoms. The molecule has 0 radical (unpaired) electrons. The number of hydrogen-bond acceptors (Lipinski definition) is 5. The first-order valence-electron chi connectivity index (χ1n) is 6.07. The maximum Gasteiger partial charge on any atom is 0.262 e. The molecule has 2 aromatic carbocycles. The summed E-state index contributed by atoms with van der Waals surface area (Å²) in [6.45, 7) is 1.80. The molecule has 3 aromatic rings. The second kappa shape index (κ2) is 4.70. The Hall–Kier alpha value is -2.82. The van der Waals surface area contributed by atoms with Gasteiger partial charge in [-0.25, -0.2) is 0 Å². The van der Waals surface area contributed by atoms with Crippen LogP contribution in [-0.2, 0) is 0 Å². The van der Waals surface area contributed by atoms with Crippen molar-refractivity contribution in [2.45, 2.75) is 6.92 Å². The van der Waals surface area contributed by atoms with Gasteiger partial charge in [0.2, 0.25) is 5.82 Å². The van der Waals surface area contributed by atoms with Crippen LogP contribution in [0, 0.1) is 6.92 Å². The average Bonchev–Trinajstić information content (AvgIpc) is 2.92. The number of phenolic OH excluding ortho intramolecular Hbond substituents is 2. The maximum atomic E-state index is 10.0. The second-order valence-electron chi connectivity index (χ2n) is 4.44. The van der Waals surface area contributed by atoms with E-state index in [1.165, 1.54) is 0 Å². The molecule has 0 aliphatic rings. The first-order chi connectivity index (χ1) is 9.65. The number of rotatable bonds is 2. The summed E-state index contributed by atoms with van der Waals surface area (Å²) in [6.07, 6.45) is 0. The molecule has 0 amide bonds. The summed E-state index contributed by atoms with van der Waals surface area (Å²) >= 11 is 0. The van der Waals surface area contributed by atoms with Crippen LogP contribution in [0.4, 0.5) is 0 Å². The van der Waals surface area contributed by atoms with Crippen molar-refractivity contribution in [3.63, 3.8) is 0 Å². The van der Waals surface area contributed by atoms with E-state index in [1.807, 2.05) is 6.07 Å². The summed E-state index contributed by atoms with van der Waals surface area (Å²) in [6, 6.07) is 11.8. The molecule has 0 saturated heterocycles. The van der Waals surface area contributed by atoms with Gasteiger partial charge in [-0.3, -0.25) is 0 Å². The smallest absolute Gasteiger partial charge is 0.262 e. The first-order valence-corrected chi connectivity index (χ1v) is 6.07. The Kier molecular flexibility index (Phi) is 2.87. The third-order valence-electron chi connectivity index (χ3n) is 3.02. The number of aromatic nitrogens is 2. The molecular weight excluding hydrogens is 256 g/mol. The van der Waals surface area contributed by atoms with Crippen LogP contribution in [-0.4, -0.2) is 20.4 Å². The Morgan fingerprint density at radius 1 is 1.00 bits per heavy atom. The van der Waals surface area contributed by atoms with E-state index >= 15 is 0 Å². The molecule has 0 fully saturated rings. The molecule has 5 heteroatoms. The lowest BCUT2D eigenvalue weighted by molar-refractivity contribution is 0.425. The third kappa shape index (κ3) is 2.09. The molecule has 0 saturated carbocycles. The average molecular weight is 268 g/mol. The van der Waals surface area contributed by atoms with E-state index in [9.17, 15) is 10.2 Å². The fraction of sp³-hybridized carbons (Fsp3) is 0.0667. The van der Waals surface area contributed by atoms with Crippen LogP contribution in [0.25, 0.3) is 22.8 Å². The number of phenols is 2. The topological polar surface area (TPSA) is 79.4 Å². The van der Waals surface area contributed by atoms with Crippen molar-refractivity contribution in [3.05, 3.63) is 48.0 Å². The van der Waals surface area contributed by atoms with E-state index in [0.717, 1.165) is 11.1 Å². The minimum absolute atomic E-state index is 0.133. The molecule has 0 bridgehead atoms. The molecule has 2 N–H and O–H groups in total. The van der Waals surface area contributed by atoms with Crippen LogP contribution in [0.1, 0.15) is 5.56 Å². The quantitative estimate of drug-likeness (QED) is 0.746. The van der Waals surface area contributed by atoms with E-state index < -0.39 is 0 Å². The molecule has 100 valence electrons. The minimum Gasteiger partial charge on any atom is -0.508 e. The van der Waals surface area contributed by atoms with Crippen molar-refractivity contribution in [2.75, 3.05) is 0 Å². The van der Waals surface area contributed by atoms with E-state index in [2.05, 4.69) is 10.1 Å². The molecule has 1 heterocycles. The van der Waals surface area contributed by atoms with Gasteiger partial charge in [-0.15, -0.1) is 0 Å². The number of para-hydroxylation sites is 1. The van der Waals surface area contributed by atoms with Gasteiger partial charge in [0.1, 0.15) is 11.5 Å². The van der Waals surface area contributed by atoms with Gasteiger partial charge in [-0.05, 0) is 42.8 Å². The number of benzene rings is 2. The molecule has 0 unspecified atom stereocenters. The molecule has 5 nitrogen and oxygen atoms in total. The van der Waals surface area contributed by atoms with Gasteiger partial charge in [-0.1, -0.05) is 17.3 Å². The molecule has 0 atom stereocenters. The van der Waals surface area contributed by atoms with Crippen LogP contribution < -0.4 is 0 Å². The highest BCUT2D eigenvalue weighted by molar-refractivity contribution is 5.66. The van der Waals surface area contributed by atoms with Gasteiger partial charge in [0.05, 0.1) is 5.56 Å². The molecule has 0 aliphatic heterocycles. The summed E-state index contributed by atoms with van der Waals surface area (Å²) in [5, 5.41) is 23.1. The Bertz CT molecular complexity index is 748. The van der Waals surface area contributed by atoms with Gasteiger partial charge >= 0.3 is 0 Å². The van der Waals surface area contributed by atoms with Gasteiger partial charge in [0.25, 0.3) is 5.89 Å². The zero-order chi connectivity index (χ0) is 14.1. The molecule has 0 aliphatic carbocycles. The van der Waals surface area contributed by atoms with E-state index in [4.69, 9.17) is 4.52 Å². The standard InChI is InChI=1S/C15H12N2O3/c1-9-3-2-4-12(13(9)19)15-16-14(17-20-15)10-5-7-11(18)8-6-10/h2-8,18-19H,1H3. The second-order valence-corrected chi connectivity index (χ2v) is 4.44. The lowest BCUT2D eigenvalue weighted by Gasteiger charge is -2.01. The lowest BCUT2D eigenvalue weighted by Crippen LogP contribution is -1.83. The fourth-order valence-corrected chi connectivity index (χ4v) is 1.89. The highest BCUT2D eigenvalue weighted by Crippen LogP contribution is 2.31. The number of aromatic hydroxyl groups is 2. The van der Waals surface area contributed by atoms with Crippen LogP contribution >= 0.6 is 0 Å².